The van der Waals surface area contributed by atoms with E-state index in [2.05, 4.69) is 44.3 Å². The Kier molecular flexibility index (Phi) is 5.63. The molecule has 0 unspecified atom stereocenters. The third-order valence-electron chi connectivity index (χ3n) is 6.17. The van der Waals surface area contributed by atoms with Gasteiger partial charge in [0.05, 0.1) is 11.3 Å². The molecular weight excluding hydrogens is 408 g/mol. The summed E-state index contributed by atoms with van der Waals surface area (Å²) in [7, 11) is -3.26. The molecule has 2 aliphatic rings. The monoisotopic (exact) mass is 436 g/mol. The molecule has 0 atom stereocenters. The van der Waals surface area contributed by atoms with E-state index in [9.17, 15) is 8.42 Å². The molecule has 1 aromatic heterocycles. The van der Waals surface area contributed by atoms with Crippen molar-refractivity contribution in [1.29, 1.82) is 0 Å². The molecule has 162 valence electrons. The quantitative estimate of drug-likeness (QED) is 0.551. The van der Waals surface area contributed by atoms with Crippen LogP contribution in [0.2, 0.25) is 0 Å². The molecule has 2 aliphatic carbocycles. The van der Waals surface area contributed by atoms with Crippen molar-refractivity contribution >= 4 is 26.7 Å². The van der Waals surface area contributed by atoms with E-state index in [0.717, 1.165) is 59.1 Å². The molecule has 0 spiro atoms. The summed E-state index contributed by atoms with van der Waals surface area (Å²) in [4.78, 5) is 8.84. The van der Waals surface area contributed by atoms with Crippen molar-refractivity contribution in [1.82, 2.24) is 14.7 Å². The van der Waals surface area contributed by atoms with E-state index in [1.807, 2.05) is 18.2 Å². The Labute approximate surface area is 183 Å². The summed E-state index contributed by atoms with van der Waals surface area (Å²) in [5.74, 6) is 1.00. The van der Waals surface area contributed by atoms with Crippen LogP contribution < -0.4 is 10.0 Å². The van der Waals surface area contributed by atoms with Gasteiger partial charge >= 0.3 is 0 Å². The second-order valence-electron chi connectivity index (χ2n) is 8.74. The Bertz CT molecular complexity index is 1190. The Morgan fingerprint density at radius 3 is 2.52 bits per heavy atom. The number of hydrogen-bond donors (Lipinski definition) is 2. The van der Waals surface area contributed by atoms with Crippen molar-refractivity contribution in [3.05, 3.63) is 54.4 Å². The minimum absolute atomic E-state index is 0.119. The van der Waals surface area contributed by atoms with Crippen molar-refractivity contribution in [3.63, 3.8) is 0 Å². The Morgan fingerprint density at radius 1 is 0.903 bits per heavy atom. The lowest BCUT2D eigenvalue weighted by atomic mass is 10.0. The van der Waals surface area contributed by atoms with E-state index in [-0.39, 0.29) is 11.8 Å². The van der Waals surface area contributed by atoms with Crippen LogP contribution in [0.1, 0.15) is 44.1 Å². The van der Waals surface area contributed by atoms with Gasteiger partial charge < -0.3 is 5.32 Å². The Hall–Kier alpha value is -2.51. The van der Waals surface area contributed by atoms with Crippen LogP contribution in [0.5, 0.6) is 0 Å². The van der Waals surface area contributed by atoms with E-state index >= 15 is 0 Å². The average molecular weight is 437 g/mol. The number of anilines is 1. The van der Waals surface area contributed by atoms with Crippen LogP contribution in [0.15, 0.2) is 48.8 Å². The predicted molar refractivity (Wildman–Crippen MR) is 125 cm³/mol. The van der Waals surface area contributed by atoms with Gasteiger partial charge in [-0.05, 0) is 60.9 Å². The van der Waals surface area contributed by atoms with Crippen molar-refractivity contribution < 1.29 is 8.42 Å². The first kappa shape index (κ1) is 20.4. The van der Waals surface area contributed by atoms with Gasteiger partial charge in [-0.2, -0.15) is 0 Å². The first-order chi connectivity index (χ1) is 15.1. The molecule has 0 bridgehead atoms. The highest BCUT2D eigenvalue weighted by molar-refractivity contribution is 7.89. The molecule has 2 N–H and O–H groups in total. The molecule has 2 fully saturated rings. The molecule has 0 saturated heterocycles. The zero-order chi connectivity index (χ0) is 21.3. The summed E-state index contributed by atoms with van der Waals surface area (Å²) < 4.78 is 27.8. The highest BCUT2D eigenvalue weighted by Gasteiger charge is 2.23. The van der Waals surface area contributed by atoms with Gasteiger partial charge in [0, 0.05) is 17.5 Å². The lowest BCUT2D eigenvalue weighted by Crippen LogP contribution is -2.34. The average Bonchev–Trinajstić information content (AvgIpc) is 3.45. The highest BCUT2D eigenvalue weighted by Crippen LogP contribution is 2.31. The van der Waals surface area contributed by atoms with Crippen molar-refractivity contribution in [2.75, 3.05) is 11.1 Å². The van der Waals surface area contributed by atoms with Gasteiger partial charge in [-0.25, -0.2) is 23.1 Å². The largest absolute Gasteiger partial charge is 0.367 e. The van der Waals surface area contributed by atoms with Crippen LogP contribution in [-0.2, 0) is 16.4 Å². The van der Waals surface area contributed by atoms with E-state index in [4.69, 9.17) is 0 Å². The minimum atomic E-state index is -3.26. The summed E-state index contributed by atoms with van der Waals surface area (Å²) in [6.45, 7) is 0. The summed E-state index contributed by atoms with van der Waals surface area (Å²) in [6, 6.07) is 15.0. The molecule has 6 nitrogen and oxygen atoms in total. The lowest BCUT2D eigenvalue weighted by Gasteiger charge is -2.13. The SMILES string of the molecule is O=S(=O)(CCc1cccc(-c2ccc3ncnc(NC4CC4)c3c2)c1)NC1CCCC1. The third kappa shape index (κ3) is 5.05. The van der Waals surface area contributed by atoms with Crippen molar-refractivity contribution in [3.8, 4) is 11.1 Å². The molecule has 0 amide bonds. The molecule has 1 heterocycles. The van der Waals surface area contributed by atoms with Crippen LogP contribution in [0, 0.1) is 0 Å². The molecule has 5 rings (SSSR count). The Morgan fingerprint density at radius 2 is 1.71 bits per heavy atom. The van der Waals surface area contributed by atoms with Crippen LogP contribution in [0.4, 0.5) is 5.82 Å². The van der Waals surface area contributed by atoms with Crippen molar-refractivity contribution in [2.24, 2.45) is 0 Å². The number of fused-ring (bicyclic) bond motifs is 1. The van der Waals surface area contributed by atoms with Crippen LogP contribution in [0.25, 0.3) is 22.0 Å². The zero-order valence-corrected chi connectivity index (χ0v) is 18.4. The Balaban J connectivity index is 1.34. The number of rotatable bonds is 8. The van der Waals surface area contributed by atoms with Gasteiger partial charge in [0.25, 0.3) is 0 Å². The molecule has 7 heteroatoms. The smallest absolute Gasteiger partial charge is 0.212 e. The zero-order valence-electron chi connectivity index (χ0n) is 17.5. The normalized spacial score (nSPS) is 17.3. The van der Waals surface area contributed by atoms with Gasteiger partial charge in [0.2, 0.25) is 10.0 Å². The van der Waals surface area contributed by atoms with E-state index in [1.54, 1.807) is 6.33 Å². The van der Waals surface area contributed by atoms with Gasteiger partial charge in [-0.15, -0.1) is 0 Å². The number of nitrogens with one attached hydrogen (secondary N) is 2. The number of nitrogens with zero attached hydrogens (tertiary/aromatic N) is 2. The maximum atomic E-state index is 12.5. The summed E-state index contributed by atoms with van der Waals surface area (Å²) in [6.07, 6.45) is 8.62. The second kappa shape index (κ2) is 8.55. The highest BCUT2D eigenvalue weighted by atomic mass is 32.2. The number of hydrogen-bond acceptors (Lipinski definition) is 5. The topological polar surface area (TPSA) is 84.0 Å². The molecule has 0 radical (unpaired) electrons. The number of sulfonamides is 1. The molecule has 0 aliphatic heterocycles. The summed E-state index contributed by atoms with van der Waals surface area (Å²) >= 11 is 0. The fourth-order valence-electron chi connectivity index (χ4n) is 4.29. The molecule has 31 heavy (non-hydrogen) atoms. The van der Waals surface area contributed by atoms with Gasteiger partial charge in [0.15, 0.2) is 0 Å². The minimum Gasteiger partial charge on any atom is -0.367 e. The number of aryl methyl sites for hydroxylation is 1. The predicted octanol–water partition coefficient (Wildman–Crippen LogP) is 4.28. The van der Waals surface area contributed by atoms with E-state index in [0.29, 0.717) is 12.5 Å². The second-order valence-corrected chi connectivity index (χ2v) is 10.6. The molecule has 2 saturated carbocycles. The lowest BCUT2D eigenvalue weighted by molar-refractivity contribution is 0.551. The maximum absolute atomic E-state index is 12.5. The van der Waals surface area contributed by atoms with Crippen LogP contribution in [0.3, 0.4) is 0 Å². The molecular formula is C24H28N4O2S. The van der Waals surface area contributed by atoms with Crippen LogP contribution in [-0.4, -0.2) is 36.2 Å². The fraction of sp³-hybridized carbons (Fsp3) is 0.417. The molecule has 3 aromatic rings. The van der Waals surface area contributed by atoms with Gasteiger partial charge in [0.1, 0.15) is 12.1 Å². The van der Waals surface area contributed by atoms with Gasteiger partial charge in [-0.1, -0.05) is 43.2 Å². The number of aromatic nitrogens is 2. The van der Waals surface area contributed by atoms with Crippen molar-refractivity contribution in [2.45, 2.75) is 57.0 Å². The third-order valence-corrected chi connectivity index (χ3v) is 7.61. The van der Waals surface area contributed by atoms with Crippen LogP contribution >= 0.6 is 0 Å². The first-order valence-electron chi connectivity index (χ1n) is 11.2. The maximum Gasteiger partial charge on any atom is 0.212 e. The van der Waals surface area contributed by atoms with E-state index in [1.165, 1.54) is 12.8 Å². The summed E-state index contributed by atoms with van der Waals surface area (Å²) in [5, 5.41) is 4.51. The first-order valence-corrected chi connectivity index (χ1v) is 12.8. The molecule has 2 aromatic carbocycles. The standard InChI is InChI=1S/C24H28N4O2S/c29-31(30,28-21-6-1-2-7-21)13-12-17-4-3-5-18(14-17)19-8-11-23-22(15-19)24(26-16-25-23)27-20-9-10-20/h3-5,8,11,14-16,20-21,28H,1-2,6-7,9-10,12-13H2,(H,25,26,27). The summed E-state index contributed by atoms with van der Waals surface area (Å²) in [5.41, 5.74) is 4.09. The van der Waals surface area contributed by atoms with Gasteiger partial charge in [-0.3, -0.25) is 0 Å². The number of benzene rings is 2. The van der Waals surface area contributed by atoms with E-state index < -0.39 is 10.0 Å². The fourth-order valence-corrected chi connectivity index (χ4v) is 5.65.